The highest BCUT2D eigenvalue weighted by molar-refractivity contribution is 7.99. The van der Waals surface area contributed by atoms with Crippen molar-refractivity contribution in [2.75, 3.05) is 6.26 Å². The molecule has 0 aromatic carbocycles. The zero-order valence-corrected chi connectivity index (χ0v) is 11.1. The van der Waals surface area contributed by atoms with Crippen LogP contribution in [0.5, 0.6) is 0 Å². The summed E-state index contributed by atoms with van der Waals surface area (Å²) in [7, 11) is 0. The Kier molecular flexibility index (Phi) is 6.21. The van der Waals surface area contributed by atoms with E-state index >= 15 is 0 Å². The molecular weight excluding hydrogens is 222 g/mol. The van der Waals surface area contributed by atoms with E-state index in [-0.39, 0.29) is 6.04 Å². The molecule has 1 rings (SSSR count). The van der Waals surface area contributed by atoms with Gasteiger partial charge in [-0.05, 0) is 31.9 Å². The van der Waals surface area contributed by atoms with Crippen LogP contribution in [0.4, 0.5) is 0 Å². The lowest BCUT2D eigenvalue weighted by atomic mass is 10.1. The normalized spacial score (nSPS) is 26.9. The van der Waals surface area contributed by atoms with Gasteiger partial charge in [0.15, 0.2) is 0 Å². The molecule has 1 aliphatic carbocycles. The topological polar surface area (TPSA) is 49.3 Å². The summed E-state index contributed by atoms with van der Waals surface area (Å²) in [6.07, 6.45) is 8.41. The average molecular weight is 245 g/mol. The second-order valence-electron chi connectivity index (χ2n) is 4.57. The van der Waals surface area contributed by atoms with Gasteiger partial charge in [0.1, 0.15) is 6.04 Å². The van der Waals surface area contributed by atoms with Crippen LogP contribution in [0.15, 0.2) is 0 Å². The van der Waals surface area contributed by atoms with Crippen LogP contribution in [0.1, 0.15) is 45.4 Å². The van der Waals surface area contributed by atoms with Crippen molar-refractivity contribution in [3.63, 3.8) is 0 Å². The van der Waals surface area contributed by atoms with Crippen molar-refractivity contribution in [1.29, 1.82) is 0 Å². The number of thioether (sulfide) groups is 1. The summed E-state index contributed by atoms with van der Waals surface area (Å²) in [4.78, 5) is 11.1. The molecule has 3 nitrogen and oxygen atoms in total. The second-order valence-corrected chi connectivity index (χ2v) is 5.71. The van der Waals surface area contributed by atoms with Crippen molar-refractivity contribution in [1.82, 2.24) is 5.32 Å². The highest BCUT2D eigenvalue weighted by Gasteiger charge is 2.27. The molecule has 0 aromatic rings. The third-order valence-electron chi connectivity index (χ3n) is 3.30. The molecule has 0 aliphatic heterocycles. The fourth-order valence-corrected chi connectivity index (χ4v) is 3.07. The molecule has 2 N–H and O–H groups in total. The van der Waals surface area contributed by atoms with E-state index in [9.17, 15) is 4.79 Å². The van der Waals surface area contributed by atoms with Gasteiger partial charge in [0.25, 0.3) is 0 Å². The van der Waals surface area contributed by atoms with Crippen molar-refractivity contribution < 1.29 is 9.90 Å². The summed E-state index contributed by atoms with van der Waals surface area (Å²) in [5.74, 6) is -0.693. The van der Waals surface area contributed by atoms with Gasteiger partial charge in [-0.2, -0.15) is 11.8 Å². The Morgan fingerprint density at radius 3 is 2.81 bits per heavy atom. The Morgan fingerprint density at radius 1 is 1.56 bits per heavy atom. The number of hydrogen-bond donors (Lipinski definition) is 2. The molecule has 3 atom stereocenters. The molecule has 0 aromatic heterocycles. The van der Waals surface area contributed by atoms with Gasteiger partial charge in [-0.25, -0.2) is 0 Å². The second kappa shape index (κ2) is 7.17. The highest BCUT2D eigenvalue weighted by atomic mass is 32.2. The first-order valence-corrected chi connectivity index (χ1v) is 7.47. The number of nitrogens with one attached hydrogen (secondary N) is 1. The summed E-state index contributed by atoms with van der Waals surface area (Å²) in [6, 6.07) is 0.0703. The van der Waals surface area contributed by atoms with Crippen LogP contribution in [-0.4, -0.2) is 34.7 Å². The lowest BCUT2D eigenvalue weighted by Crippen LogP contribution is -2.42. The monoisotopic (exact) mass is 245 g/mol. The van der Waals surface area contributed by atoms with Crippen molar-refractivity contribution in [2.24, 2.45) is 0 Å². The summed E-state index contributed by atoms with van der Waals surface area (Å²) in [5, 5.41) is 13.1. The number of rotatable bonds is 7. The van der Waals surface area contributed by atoms with Crippen LogP contribution in [0.3, 0.4) is 0 Å². The smallest absolute Gasteiger partial charge is 0.320 e. The highest BCUT2D eigenvalue weighted by Crippen LogP contribution is 2.28. The summed E-state index contributed by atoms with van der Waals surface area (Å²) in [6.45, 7) is 2.10. The Hall–Kier alpha value is -0.220. The lowest BCUT2D eigenvalue weighted by Gasteiger charge is -2.19. The molecule has 0 bridgehead atoms. The van der Waals surface area contributed by atoms with Crippen LogP contribution in [0.25, 0.3) is 0 Å². The molecule has 4 heteroatoms. The van der Waals surface area contributed by atoms with Crippen LogP contribution < -0.4 is 5.32 Å². The Balaban J connectivity index is 2.34. The number of unbranched alkanes of at least 4 members (excludes halogenated alkanes) is 1. The van der Waals surface area contributed by atoms with E-state index in [4.69, 9.17) is 5.11 Å². The maximum atomic E-state index is 11.1. The molecule has 0 spiro atoms. The quantitative estimate of drug-likeness (QED) is 0.723. The molecule has 0 amide bonds. The zero-order valence-electron chi connectivity index (χ0n) is 10.2. The maximum Gasteiger partial charge on any atom is 0.320 e. The molecule has 1 saturated carbocycles. The van der Waals surface area contributed by atoms with Crippen LogP contribution >= 0.6 is 11.8 Å². The number of carbonyl (C=O) groups is 1. The van der Waals surface area contributed by atoms with E-state index in [0.29, 0.717) is 6.04 Å². The van der Waals surface area contributed by atoms with Gasteiger partial charge in [0.05, 0.1) is 0 Å². The van der Waals surface area contributed by atoms with Crippen LogP contribution in [0, 0.1) is 0 Å². The van der Waals surface area contributed by atoms with Crippen molar-refractivity contribution in [2.45, 2.75) is 62.8 Å². The predicted molar refractivity (Wildman–Crippen MR) is 69.0 cm³/mol. The van der Waals surface area contributed by atoms with Gasteiger partial charge < -0.3 is 10.4 Å². The fraction of sp³-hybridized carbons (Fsp3) is 0.917. The van der Waals surface area contributed by atoms with Gasteiger partial charge in [-0.15, -0.1) is 0 Å². The molecule has 0 radical (unpaired) electrons. The first kappa shape index (κ1) is 13.8. The number of hydrogen-bond acceptors (Lipinski definition) is 3. The van der Waals surface area contributed by atoms with E-state index in [1.807, 2.05) is 11.8 Å². The minimum absolute atomic E-state index is 0.342. The van der Waals surface area contributed by atoms with Gasteiger partial charge in [-0.1, -0.05) is 19.8 Å². The zero-order chi connectivity index (χ0) is 12.0. The molecule has 94 valence electrons. The minimum atomic E-state index is -0.693. The van der Waals surface area contributed by atoms with E-state index in [2.05, 4.69) is 18.5 Å². The Labute approximate surface area is 102 Å². The SMILES string of the molecule is CCCCC(NC1CCC(SC)C1)C(=O)O. The van der Waals surface area contributed by atoms with Crippen molar-refractivity contribution in [3.8, 4) is 0 Å². The number of carboxylic acids is 1. The van der Waals surface area contributed by atoms with E-state index < -0.39 is 5.97 Å². The standard InChI is InChI=1S/C12H23NO2S/c1-3-4-5-11(12(14)15)13-9-6-7-10(8-9)16-2/h9-11,13H,3-8H2,1-2H3,(H,14,15). The van der Waals surface area contributed by atoms with E-state index in [0.717, 1.165) is 37.4 Å². The molecule has 3 unspecified atom stereocenters. The van der Waals surface area contributed by atoms with Gasteiger partial charge in [0.2, 0.25) is 0 Å². The molecule has 0 saturated heterocycles. The maximum absolute atomic E-state index is 11.1. The summed E-state index contributed by atoms with van der Waals surface area (Å²) in [5.41, 5.74) is 0. The largest absolute Gasteiger partial charge is 0.480 e. The van der Waals surface area contributed by atoms with Crippen LogP contribution in [-0.2, 0) is 4.79 Å². The molecule has 16 heavy (non-hydrogen) atoms. The van der Waals surface area contributed by atoms with Gasteiger partial charge in [0, 0.05) is 11.3 Å². The first-order chi connectivity index (χ1) is 7.67. The molecule has 1 fully saturated rings. The Bertz CT molecular complexity index is 223. The summed E-state index contributed by atoms with van der Waals surface area (Å²) < 4.78 is 0. The van der Waals surface area contributed by atoms with Gasteiger partial charge in [-0.3, -0.25) is 4.79 Å². The van der Waals surface area contributed by atoms with Crippen LogP contribution in [0.2, 0.25) is 0 Å². The first-order valence-electron chi connectivity index (χ1n) is 6.19. The van der Waals surface area contributed by atoms with Gasteiger partial charge >= 0.3 is 5.97 Å². The van der Waals surface area contributed by atoms with E-state index in [1.54, 1.807) is 0 Å². The fourth-order valence-electron chi connectivity index (χ4n) is 2.28. The van der Waals surface area contributed by atoms with Crippen molar-refractivity contribution in [3.05, 3.63) is 0 Å². The lowest BCUT2D eigenvalue weighted by molar-refractivity contribution is -0.139. The third-order valence-corrected chi connectivity index (χ3v) is 4.39. The Morgan fingerprint density at radius 2 is 2.31 bits per heavy atom. The molecule has 1 aliphatic rings. The minimum Gasteiger partial charge on any atom is -0.480 e. The number of carboxylic acid groups (broad SMARTS) is 1. The third kappa shape index (κ3) is 4.34. The summed E-state index contributed by atoms with van der Waals surface area (Å²) >= 11 is 1.90. The molecule has 0 heterocycles. The van der Waals surface area contributed by atoms with E-state index in [1.165, 1.54) is 6.42 Å². The number of aliphatic carboxylic acids is 1. The molecular formula is C12H23NO2S. The van der Waals surface area contributed by atoms with Crippen molar-refractivity contribution >= 4 is 17.7 Å². The average Bonchev–Trinajstić information content (AvgIpc) is 2.71. The predicted octanol–water partition coefficient (Wildman–Crippen LogP) is 2.50.